The van der Waals surface area contributed by atoms with Gasteiger partial charge in [-0.25, -0.2) is 4.79 Å². The standard InChI is InChI=1S/C12H22N4O4/c1-3-4-5-16-10(13)9(14-8(6-17)7-18)11(19)15(2)12(16)20/h8,14,17-18H,3-7,13H2,1-2H3. The average molecular weight is 286 g/mol. The van der Waals surface area contributed by atoms with Crippen LogP contribution in [0.1, 0.15) is 19.8 Å². The minimum atomic E-state index is -0.706. The molecule has 0 unspecified atom stereocenters. The van der Waals surface area contributed by atoms with Gasteiger partial charge in [0.15, 0.2) is 0 Å². The van der Waals surface area contributed by atoms with E-state index in [9.17, 15) is 9.59 Å². The molecule has 0 atom stereocenters. The second-order valence-electron chi connectivity index (χ2n) is 4.62. The summed E-state index contributed by atoms with van der Waals surface area (Å²) in [6.45, 7) is 1.68. The second kappa shape index (κ2) is 7.11. The van der Waals surface area contributed by atoms with E-state index in [0.29, 0.717) is 6.54 Å². The van der Waals surface area contributed by atoms with Gasteiger partial charge >= 0.3 is 5.69 Å². The molecule has 0 spiro atoms. The summed E-state index contributed by atoms with van der Waals surface area (Å²) >= 11 is 0. The molecule has 0 aliphatic carbocycles. The van der Waals surface area contributed by atoms with Gasteiger partial charge in [0, 0.05) is 13.6 Å². The highest BCUT2D eigenvalue weighted by Gasteiger charge is 2.17. The number of aliphatic hydroxyl groups excluding tert-OH is 2. The lowest BCUT2D eigenvalue weighted by Crippen LogP contribution is -2.42. The molecule has 0 aliphatic heterocycles. The maximum absolute atomic E-state index is 12.0. The number of aromatic nitrogens is 2. The fraction of sp³-hybridized carbons (Fsp3) is 0.667. The van der Waals surface area contributed by atoms with Crippen LogP contribution in [-0.2, 0) is 13.6 Å². The third-order valence-corrected chi connectivity index (χ3v) is 3.11. The van der Waals surface area contributed by atoms with Crippen LogP contribution in [0.25, 0.3) is 0 Å². The van der Waals surface area contributed by atoms with Crippen LogP contribution in [0.3, 0.4) is 0 Å². The van der Waals surface area contributed by atoms with Crippen molar-refractivity contribution < 1.29 is 10.2 Å². The number of anilines is 2. The first-order valence-corrected chi connectivity index (χ1v) is 6.55. The normalized spacial score (nSPS) is 11.1. The van der Waals surface area contributed by atoms with E-state index < -0.39 is 17.3 Å². The molecule has 8 nitrogen and oxygen atoms in total. The minimum Gasteiger partial charge on any atom is -0.394 e. The van der Waals surface area contributed by atoms with E-state index in [1.165, 1.54) is 11.6 Å². The Balaban J connectivity index is 3.33. The second-order valence-corrected chi connectivity index (χ2v) is 4.62. The van der Waals surface area contributed by atoms with Gasteiger partial charge in [-0.05, 0) is 6.42 Å². The molecule has 20 heavy (non-hydrogen) atoms. The Kier molecular flexibility index (Phi) is 5.78. The molecular weight excluding hydrogens is 264 g/mol. The molecule has 1 heterocycles. The predicted molar refractivity (Wildman–Crippen MR) is 76.8 cm³/mol. The summed E-state index contributed by atoms with van der Waals surface area (Å²) in [6, 6.07) is -0.706. The lowest BCUT2D eigenvalue weighted by Gasteiger charge is -2.19. The fourth-order valence-corrected chi connectivity index (χ4v) is 1.80. The lowest BCUT2D eigenvalue weighted by atomic mass is 10.3. The van der Waals surface area contributed by atoms with Crippen molar-refractivity contribution in [2.24, 2.45) is 7.05 Å². The van der Waals surface area contributed by atoms with Gasteiger partial charge in [-0.1, -0.05) is 13.3 Å². The Morgan fingerprint density at radius 1 is 1.30 bits per heavy atom. The van der Waals surface area contributed by atoms with Crippen molar-refractivity contribution in [3.05, 3.63) is 20.8 Å². The summed E-state index contributed by atoms with van der Waals surface area (Å²) in [5.74, 6) is 0.0263. The first kappa shape index (κ1) is 16.3. The zero-order valence-electron chi connectivity index (χ0n) is 11.8. The topological polar surface area (TPSA) is 123 Å². The summed E-state index contributed by atoms with van der Waals surface area (Å²) in [5.41, 5.74) is 4.85. The van der Waals surface area contributed by atoms with Crippen LogP contribution in [0, 0.1) is 0 Å². The Bertz CT molecular complexity index is 560. The van der Waals surface area contributed by atoms with Crippen LogP contribution < -0.4 is 22.3 Å². The summed E-state index contributed by atoms with van der Waals surface area (Å²) in [7, 11) is 1.37. The van der Waals surface area contributed by atoms with Crippen molar-refractivity contribution in [3.63, 3.8) is 0 Å². The van der Waals surface area contributed by atoms with Gasteiger partial charge in [0.2, 0.25) is 0 Å². The maximum Gasteiger partial charge on any atom is 0.332 e. The number of unbranched alkanes of at least 4 members (excludes halogenated alkanes) is 1. The molecule has 5 N–H and O–H groups in total. The average Bonchev–Trinajstić information content (AvgIpc) is 2.45. The number of nitrogen functional groups attached to an aromatic ring is 1. The van der Waals surface area contributed by atoms with E-state index in [1.54, 1.807) is 0 Å². The number of nitrogens with zero attached hydrogens (tertiary/aromatic N) is 2. The number of hydrogen-bond donors (Lipinski definition) is 4. The molecule has 8 heteroatoms. The molecule has 1 aromatic heterocycles. The van der Waals surface area contributed by atoms with Gasteiger partial charge in [0.25, 0.3) is 5.56 Å². The molecule has 0 saturated heterocycles. The molecule has 0 amide bonds. The van der Waals surface area contributed by atoms with E-state index in [1.807, 2.05) is 6.92 Å². The Labute approximate surface area is 116 Å². The van der Waals surface area contributed by atoms with E-state index in [4.69, 9.17) is 15.9 Å². The molecule has 0 bridgehead atoms. The first-order chi connectivity index (χ1) is 9.47. The highest BCUT2D eigenvalue weighted by Crippen LogP contribution is 2.12. The first-order valence-electron chi connectivity index (χ1n) is 6.55. The molecule has 1 aromatic rings. The molecular formula is C12H22N4O4. The monoisotopic (exact) mass is 286 g/mol. The van der Waals surface area contributed by atoms with Gasteiger partial charge in [-0.3, -0.25) is 13.9 Å². The number of nitrogens with two attached hydrogens (primary N) is 1. The third kappa shape index (κ3) is 3.20. The van der Waals surface area contributed by atoms with Crippen LogP contribution in [-0.4, -0.2) is 38.6 Å². The zero-order valence-corrected chi connectivity index (χ0v) is 11.8. The molecule has 1 rings (SSSR count). The lowest BCUT2D eigenvalue weighted by molar-refractivity contribution is 0.204. The van der Waals surface area contributed by atoms with Crippen molar-refractivity contribution >= 4 is 11.5 Å². The van der Waals surface area contributed by atoms with Crippen molar-refractivity contribution in [2.45, 2.75) is 32.4 Å². The van der Waals surface area contributed by atoms with Crippen LogP contribution in [0.5, 0.6) is 0 Å². The smallest absolute Gasteiger partial charge is 0.332 e. The van der Waals surface area contributed by atoms with Crippen LogP contribution in [0.15, 0.2) is 9.59 Å². The zero-order chi connectivity index (χ0) is 15.3. The van der Waals surface area contributed by atoms with E-state index in [-0.39, 0.29) is 24.7 Å². The molecule has 0 saturated carbocycles. The summed E-state index contributed by atoms with van der Waals surface area (Å²) in [4.78, 5) is 24.1. The quantitative estimate of drug-likeness (QED) is 0.494. The van der Waals surface area contributed by atoms with Crippen molar-refractivity contribution in [1.29, 1.82) is 0 Å². The SMILES string of the molecule is CCCCn1c(N)c(NC(CO)CO)c(=O)n(C)c1=O. The van der Waals surface area contributed by atoms with Gasteiger partial charge in [0.1, 0.15) is 11.5 Å². The largest absolute Gasteiger partial charge is 0.394 e. The van der Waals surface area contributed by atoms with Crippen LogP contribution in [0.4, 0.5) is 11.5 Å². The number of rotatable bonds is 7. The maximum atomic E-state index is 12.0. The Morgan fingerprint density at radius 3 is 2.40 bits per heavy atom. The molecule has 0 aromatic carbocycles. The van der Waals surface area contributed by atoms with Gasteiger partial charge < -0.3 is 21.3 Å². The molecule has 0 radical (unpaired) electrons. The van der Waals surface area contributed by atoms with Crippen LogP contribution in [0.2, 0.25) is 0 Å². The molecule has 0 aliphatic rings. The molecule has 114 valence electrons. The van der Waals surface area contributed by atoms with Crippen molar-refractivity contribution in [1.82, 2.24) is 9.13 Å². The van der Waals surface area contributed by atoms with E-state index >= 15 is 0 Å². The number of hydrogen-bond acceptors (Lipinski definition) is 6. The summed E-state index contributed by atoms with van der Waals surface area (Å²) in [5, 5.41) is 20.8. The minimum absolute atomic E-state index is 0.0244. The number of aliphatic hydroxyl groups is 2. The summed E-state index contributed by atoms with van der Waals surface area (Å²) < 4.78 is 2.28. The van der Waals surface area contributed by atoms with Gasteiger partial charge in [-0.2, -0.15) is 0 Å². The van der Waals surface area contributed by atoms with E-state index in [0.717, 1.165) is 17.4 Å². The van der Waals surface area contributed by atoms with Crippen molar-refractivity contribution in [3.8, 4) is 0 Å². The highest BCUT2D eigenvalue weighted by molar-refractivity contribution is 5.61. The van der Waals surface area contributed by atoms with Gasteiger partial charge in [-0.15, -0.1) is 0 Å². The summed E-state index contributed by atoms with van der Waals surface area (Å²) in [6.07, 6.45) is 1.64. The predicted octanol–water partition coefficient (Wildman–Crippen LogP) is -1.31. The van der Waals surface area contributed by atoms with Crippen molar-refractivity contribution in [2.75, 3.05) is 24.3 Å². The Morgan fingerprint density at radius 2 is 1.90 bits per heavy atom. The Hall–Kier alpha value is -1.80. The third-order valence-electron chi connectivity index (χ3n) is 3.11. The highest BCUT2D eigenvalue weighted by atomic mass is 16.3. The van der Waals surface area contributed by atoms with E-state index in [2.05, 4.69) is 5.32 Å². The van der Waals surface area contributed by atoms with Crippen LogP contribution >= 0.6 is 0 Å². The van der Waals surface area contributed by atoms with Gasteiger partial charge in [0.05, 0.1) is 19.3 Å². The number of nitrogens with one attached hydrogen (secondary N) is 1. The fourth-order valence-electron chi connectivity index (χ4n) is 1.80. The molecule has 0 fully saturated rings.